The molecule has 2 atom stereocenters. The Morgan fingerprint density at radius 2 is 1.92 bits per heavy atom. The molecule has 132 valence electrons. The Morgan fingerprint density at radius 1 is 1.21 bits per heavy atom. The first-order chi connectivity index (χ1) is 11.5. The predicted octanol–water partition coefficient (Wildman–Crippen LogP) is 0.0164. The predicted molar refractivity (Wildman–Crippen MR) is 88.0 cm³/mol. The third kappa shape index (κ3) is 3.75. The van der Waals surface area contributed by atoms with Crippen molar-refractivity contribution in [3.8, 4) is 0 Å². The van der Waals surface area contributed by atoms with E-state index >= 15 is 0 Å². The fraction of sp³-hybridized carbons (Fsp3) is 0.750. The van der Waals surface area contributed by atoms with Crippen molar-refractivity contribution in [2.75, 3.05) is 32.7 Å². The van der Waals surface area contributed by atoms with Crippen LogP contribution >= 0.6 is 0 Å². The van der Waals surface area contributed by atoms with Crippen LogP contribution in [0.4, 0.5) is 0 Å². The number of rotatable bonds is 4. The molecule has 0 unspecified atom stereocenters. The lowest BCUT2D eigenvalue weighted by Gasteiger charge is -2.23. The van der Waals surface area contributed by atoms with Crippen LogP contribution in [0.3, 0.4) is 0 Å². The van der Waals surface area contributed by atoms with Crippen molar-refractivity contribution in [1.29, 1.82) is 0 Å². The van der Waals surface area contributed by atoms with Crippen LogP contribution in [0.2, 0.25) is 0 Å². The molecule has 0 bridgehead atoms. The summed E-state index contributed by atoms with van der Waals surface area (Å²) in [6.45, 7) is 5.00. The van der Waals surface area contributed by atoms with Gasteiger partial charge in [0.1, 0.15) is 5.82 Å². The second kappa shape index (κ2) is 7.29. The highest BCUT2D eigenvalue weighted by Gasteiger charge is 2.41. The largest absolute Gasteiger partial charge is 0.369 e. The van der Waals surface area contributed by atoms with E-state index in [-0.39, 0.29) is 11.8 Å². The molecule has 2 aliphatic heterocycles. The fourth-order valence-electron chi connectivity index (χ4n) is 3.67. The van der Waals surface area contributed by atoms with Crippen molar-refractivity contribution in [3.05, 3.63) is 11.6 Å². The average molecular weight is 334 g/mol. The lowest BCUT2D eigenvalue weighted by molar-refractivity contribution is -0.131. The second-order valence-corrected chi connectivity index (χ2v) is 6.88. The molecule has 24 heavy (non-hydrogen) atoms. The zero-order valence-corrected chi connectivity index (χ0v) is 14.2. The zero-order valence-electron chi connectivity index (χ0n) is 14.2. The van der Waals surface area contributed by atoms with E-state index in [0.29, 0.717) is 31.3 Å². The average Bonchev–Trinajstić information content (AvgIpc) is 3.08. The molecular weight excluding hydrogens is 308 g/mol. The van der Waals surface area contributed by atoms with Crippen molar-refractivity contribution >= 4 is 11.8 Å². The molecule has 3 N–H and O–H groups in total. The van der Waals surface area contributed by atoms with Crippen LogP contribution in [0, 0.1) is 12.8 Å². The van der Waals surface area contributed by atoms with Gasteiger partial charge in [0.25, 0.3) is 0 Å². The molecule has 0 spiro atoms. The number of aromatic amines is 1. The number of carbonyl (C=O) groups excluding carboxylic acids is 2. The third-order valence-electron chi connectivity index (χ3n) is 5.04. The number of H-pyrrole nitrogens is 1. The Hall–Kier alpha value is -1.96. The summed E-state index contributed by atoms with van der Waals surface area (Å²) in [5.41, 5.74) is 5.55. The van der Waals surface area contributed by atoms with Crippen LogP contribution in [-0.2, 0) is 9.59 Å². The summed E-state index contributed by atoms with van der Waals surface area (Å²) in [6.07, 6.45) is 4.78. The highest BCUT2D eigenvalue weighted by molar-refractivity contribution is 5.83. The van der Waals surface area contributed by atoms with E-state index in [1.54, 1.807) is 4.90 Å². The highest BCUT2D eigenvalue weighted by Crippen LogP contribution is 2.30. The quantitative estimate of drug-likeness (QED) is 0.807. The van der Waals surface area contributed by atoms with Crippen LogP contribution in [0.5, 0.6) is 0 Å². The minimum Gasteiger partial charge on any atom is -0.369 e. The monoisotopic (exact) mass is 334 g/mol. The summed E-state index contributed by atoms with van der Waals surface area (Å²) < 4.78 is 0. The van der Waals surface area contributed by atoms with Gasteiger partial charge < -0.3 is 10.6 Å². The van der Waals surface area contributed by atoms with Gasteiger partial charge >= 0.3 is 0 Å². The van der Waals surface area contributed by atoms with Crippen molar-refractivity contribution in [2.45, 2.75) is 38.5 Å². The number of carbonyl (C=O) groups is 2. The highest BCUT2D eigenvalue weighted by atomic mass is 16.2. The molecule has 0 radical (unpaired) electrons. The van der Waals surface area contributed by atoms with Crippen molar-refractivity contribution in [3.63, 3.8) is 0 Å². The normalized spacial score (nSPS) is 25.6. The number of nitrogens with one attached hydrogen (secondary N) is 1. The van der Waals surface area contributed by atoms with Crippen LogP contribution in [-0.4, -0.2) is 69.5 Å². The maximum absolute atomic E-state index is 12.7. The Kier molecular flexibility index (Phi) is 5.13. The van der Waals surface area contributed by atoms with E-state index in [9.17, 15) is 9.59 Å². The number of nitrogens with two attached hydrogens (primary N) is 1. The van der Waals surface area contributed by atoms with E-state index in [2.05, 4.69) is 20.1 Å². The minimum atomic E-state index is -0.423. The van der Waals surface area contributed by atoms with Crippen LogP contribution in [0.1, 0.15) is 43.3 Å². The fourth-order valence-corrected chi connectivity index (χ4v) is 3.67. The van der Waals surface area contributed by atoms with Gasteiger partial charge in [-0.25, -0.2) is 4.98 Å². The summed E-state index contributed by atoms with van der Waals surface area (Å²) in [5, 5.41) is 6.96. The first-order valence-electron chi connectivity index (χ1n) is 8.73. The Balaban J connectivity index is 1.65. The number of aromatic nitrogens is 3. The van der Waals surface area contributed by atoms with Gasteiger partial charge in [-0.05, 0) is 32.9 Å². The summed E-state index contributed by atoms with van der Waals surface area (Å²) in [7, 11) is 0. The van der Waals surface area contributed by atoms with E-state index < -0.39 is 11.8 Å². The van der Waals surface area contributed by atoms with Gasteiger partial charge in [0.2, 0.25) is 11.8 Å². The lowest BCUT2D eigenvalue weighted by Crippen LogP contribution is -2.40. The zero-order chi connectivity index (χ0) is 17.1. The number of nitrogens with zero attached hydrogens (tertiary/aromatic N) is 4. The molecule has 0 saturated carbocycles. The Bertz CT molecular complexity index is 593. The SMILES string of the molecule is Cc1nc([C@@H]2CN(C(=O)CN3CCCCCC3)C[C@H]2C(N)=O)n[nH]1. The summed E-state index contributed by atoms with van der Waals surface area (Å²) in [6, 6.07) is 0. The minimum absolute atomic E-state index is 0.0675. The number of hydrogen-bond acceptors (Lipinski definition) is 5. The molecule has 2 aliphatic rings. The van der Waals surface area contributed by atoms with Crippen molar-refractivity contribution in [1.82, 2.24) is 25.0 Å². The van der Waals surface area contributed by atoms with E-state index in [1.807, 2.05) is 6.92 Å². The Morgan fingerprint density at radius 3 is 2.50 bits per heavy atom. The molecule has 8 nitrogen and oxygen atoms in total. The molecule has 0 aliphatic carbocycles. The van der Waals surface area contributed by atoms with Crippen LogP contribution in [0.25, 0.3) is 0 Å². The number of aryl methyl sites for hydroxylation is 1. The van der Waals surface area contributed by atoms with E-state index in [0.717, 1.165) is 25.9 Å². The van der Waals surface area contributed by atoms with Gasteiger partial charge in [-0.3, -0.25) is 19.6 Å². The maximum atomic E-state index is 12.7. The molecule has 2 saturated heterocycles. The van der Waals surface area contributed by atoms with Gasteiger partial charge in [0.15, 0.2) is 5.82 Å². The van der Waals surface area contributed by atoms with Gasteiger partial charge in [-0.1, -0.05) is 12.8 Å². The molecule has 1 aromatic rings. The van der Waals surface area contributed by atoms with E-state index in [1.165, 1.54) is 12.8 Å². The molecule has 1 aromatic heterocycles. The molecule has 8 heteroatoms. The smallest absolute Gasteiger partial charge is 0.236 e. The second-order valence-electron chi connectivity index (χ2n) is 6.88. The molecule has 3 rings (SSSR count). The first kappa shape index (κ1) is 16.9. The van der Waals surface area contributed by atoms with E-state index in [4.69, 9.17) is 5.73 Å². The first-order valence-corrected chi connectivity index (χ1v) is 8.73. The van der Waals surface area contributed by atoms with Crippen LogP contribution < -0.4 is 5.73 Å². The summed E-state index contributed by atoms with van der Waals surface area (Å²) >= 11 is 0. The molecular formula is C16H26N6O2. The molecule has 0 aromatic carbocycles. The summed E-state index contributed by atoms with van der Waals surface area (Å²) in [5.74, 6) is 0.295. The van der Waals surface area contributed by atoms with Gasteiger partial charge in [-0.15, -0.1) is 0 Å². The molecule has 2 amide bonds. The Labute approximate surface area is 141 Å². The van der Waals surface area contributed by atoms with Gasteiger partial charge in [0.05, 0.1) is 18.4 Å². The number of amides is 2. The summed E-state index contributed by atoms with van der Waals surface area (Å²) in [4.78, 5) is 32.8. The number of hydrogen-bond donors (Lipinski definition) is 2. The maximum Gasteiger partial charge on any atom is 0.236 e. The molecule has 2 fully saturated rings. The number of primary amides is 1. The van der Waals surface area contributed by atoms with Gasteiger partial charge in [0, 0.05) is 13.1 Å². The number of likely N-dealkylation sites (tertiary alicyclic amines) is 2. The van der Waals surface area contributed by atoms with Gasteiger partial charge in [-0.2, -0.15) is 5.10 Å². The third-order valence-corrected chi connectivity index (χ3v) is 5.04. The van der Waals surface area contributed by atoms with Crippen LogP contribution in [0.15, 0.2) is 0 Å². The van der Waals surface area contributed by atoms with Crippen molar-refractivity contribution in [2.24, 2.45) is 11.7 Å². The van der Waals surface area contributed by atoms with Crippen molar-refractivity contribution < 1.29 is 9.59 Å². The standard InChI is InChI=1S/C16H26N6O2/c1-11-18-16(20-19-11)13-9-22(8-12(13)15(17)24)14(23)10-21-6-4-2-3-5-7-21/h12-13H,2-10H2,1H3,(H2,17,24)(H,18,19,20)/t12-,13-/m1/s1. The topological polar surface area (TPSA) is 108 Å². The molecule has 3 heterocycles. The lowest BCUT2D eigenvalue weighted by atomic mass is 9.95.